The van der Waals surface area contributed by atoms with E-state index in [-0.39, 0.29) is 75.4 Å². The molecule has 0 fully saturated rings. The zero-order valence-corrected chi connectivity index (χ0v) is 56.1. The van der Waals surface area contributed by atoms with Gasteiger partial charge in [0.05, 0.1) is 0 Å². The van der Waals surface area contributed by atoms with E-state index < -0.39 is 16.5 Å². The van der Waals surface area contributed by atoms with E-state index in [1.54, 1.807) is 64.1 Å². The summed E-state index contributed by atoms with van der Waals surface area (Å²) in [5.41, 5.74) is 8.62. The Balaban J connectivity index is -0.000000497. The third kappa shape index (κ3) is 66.4. The maximum atomic E-state index is 12.2. The lowest BCUT2D eigenvalue weighted by Crippen LogP contribution is -2.06. The Morgan fingerprint density at radius 3 is 0.747 bits per heavy atom. The van der Waals surface area contributed by atoms with Crippen LogP contribution in [0.2, 0.25) is 0 Å². The molecule has 0 aromatic heterocycles. The van der Waals surface area contributed by atoms with Gasteiger partial charge in [-0.1, -0.05) is 103 Å². The van der Waals surface area contributed by atoms with Gasteiger partial charge < -0.3 is 30.0 Å². The van der Waals surface area contributed by atoms with Gasteiger partial charge in [-0.05, 0) is 195 Å². The lowest BCUT2D eigenvalue weighted by atomic mass is 9.97. The Morgan fingerprint density at radius 2 is 0.529 bits per heavy atom. The van der Waals surface area contributed by atoms with Gasteiger partial charge in [0.25, 0.3) is 0 Å². The molecular weight excluding hydrogens is 1200 g/mol. The summed E-state index contributed by atoms with van der Waals surface area (Å²) in [4.78, 5) is 150. The number of hydrogen-bond donors (Lipinski definition) is 2. The van der Waals surface area contributed by atoms with Crippen LogP contribution >= 0.6 is 46.4 Å². The maximum absolute atomic E-state index is 12.2. The van der Waals surface area contributed by atoms with E-state index >= 15 is 0 Å². The molecule has 16 nitrogen and oxygen atoms in total. The van der Waals surface area contributed by atoms with Crippen LogP contribution < -0.4 is 5.73 Å². The first-order valence-corrected chi connectivity index (χ1v) is 31.9. The van der Waals surface area contributed by atoms with Crippen molar-refractivity contribution in [1.29, 1.82) is 0 Å². The van der Waals surface area contributed by atoms with Gasteiger partial charge >= 0.3 is 16.5 Å². The number of carbonyl (C=O) groups excluding carboxylic acids is 13. The molecule has 3 N–H and O–H groups in total. The number of rotatable bonds is 43. The van der Waals surface area contributed by atoms with Crippen LogP contribution in [0.3, 0.4) is 0 Å². The summed E-state index contributed by atoms with van der Waals surface area (Å²) in [6, 6.07) is 9.69. The van der Waals surface area contributed by atoms with Crippen LogP contribution in [0.25, 0.3) is 0 Å². The number of unbranched alkanes of at least 4 members (excludes halogenated alkanes) is 20. The summed E-state index contributed by atoms with van der Waals surface area (Å²) < 4.78 is 0. The first-order chi connectivity index (χ1) is 40.8. The molecule has 0 aliphatic carbocycles. The summed E-state index contributed by atoms with van der Waals surface area (Å²) in [5, 5.41) is 5.62. The van der Waals surface area contributed by atoms with Gasteiger partial charge in [-0.3, -0.25) is 47.9 Å². The van der Waals surface area contributed by atoms with E-state index in [1.807, 2.05) is 0 Å². The van der Waals surface area contributed by atoms with Crippen molar-refractivity contribution in [2.24, 2.45) is 0 Å². The third-order valence-corrected chi connectivity index (χ3v) is 13.7. The molecule has 2 rings (SSSR count). The Kier molecular flexibility index (Phi) is 59.0. The van der Waals surface area contributed by atoms with Gasteiger partial charge in [0, 0.05) is 85.7 Å². The Morgan fingerprint density at radius 1 is 0.310 bits per heavy atom. The molecule has 2 aromatic rings. The number of anilines is 1. The fourth-order valence-electron chi connectivity index (χ4n) is 8.03. The predicted octanol–water partition coefficient (Wildman–Crippen LogP) is 16.8. The fourth-order valence-corrected chi connectivity index (χ4v) is 8.29. The van der Waals surface area contributed by atoms with Crippen molar-refractivity contribution in [3.05, 3.63) is 64.2 Å². The average Bonchev–Trinajstić information content (AvgIpc) is 3.13. The average molecular weight is 1300 g/mol. The van der Waals surface area contributed by atoms with Crippen molar-refractivity contribution in [2.45, 2.75) is 267 Å². The number of halogens is 4. The largest absolute Gasteiger partial charge is 0.481 e. The number of carbonyl (C=O) groups is 14. The second kappa shape index (κ2) is 58.3. The van der Waals surface area contributed by atoms with E-state index in [9.17, 15) is 67.1 Å². The third-order valence-electron chi connectivity index (χ3n) is 12.8. The van der Waals surface area contributed by atoms with Crippen LogP contribution in [0.4, 0.5) is 5.69 Å². The predicted molar refractivity (Wildman–Crippen MR) is 348 cm³/mol. The maximum Gasteiger partial charge on any atom is 0.304 e. The van der Waals surface area contributed by atoms with Crippen LogP contribution in [0.1, 0.15) is 308 Å². The number of nitrogen functional groups attached to an aromatic ring is 1. The molecule has 20 heteroatoms. The molecule has 0 bridgehead atoms. The van der Waals surface area contributed by atoms with Crippen molar-refractivity contribution < 1.29 is 72.2 Å². The summed E-state index contributed by atoms with van der Waals surface area (Å²) in [6.07, 6.45) is 29.7. The number of Topliss-reactive ketones (excluding diaryl/α,β-unsaturated/α-hetero) is 9. The second-order valence-electron chi connectivity index (χ2n) is 21.6. The summed E-state index contributed by atoms with van der Waals surface area (Å²) in [7, 11) is 0. The van der Waals surface area contributed by atoms with Crippen molar-refractivity contribution in [3.8, 4) is 0 Å². The van der Waals surface area contributed by atoms with Crippen molar-refractivity contribution in [3.63, 3.8) is 0 Å². The molecule has 0 aliphatic rings. The minimum Gasteiger partial charge on any atom is -0.481 e. The minimum atomic E-state index is -1.14. The molecule has 0 saturated carbocycles. The van der Waals surface area contributed by atoms with Crippen molar-refractivity contribution in [2.75, 3.05) is 5.73 Å². The van der Waals surface area contributed by atoms with Gasteiger partial charge in [-0.25, -0.2) is 0 Å². The zero-order chi connectivity index (χ0) is 67.1. The molecule has 0 atom stereocenters. The SMILES string of the molecule is CC(=O)CCCCCCCCC(=O)Cc1cc(C(C)=O)cc(C(C)=O)c1.CC(=O)CCCCCCCCC(=O)Cl.CC(=O)CCCCCCCCC(=O)Cl.CC(=O)CCCCCCCCC(=O)O.CC(=O)c1cc(N)cc(C(C)=O)c1.O=C(Cl)C(=O)Cl. The quantitative estimate of drug-likeness (QED) is 0.0205. The number of ketones is 9. The van der Waals surface area contributed by atoms with Crippen molar-refractivity contribution in [1.82, 2.24) is 0 Å². The lowest BCUT2D eigenvalue weighted by molar-refractivity contribution is -0.137. The van der Waals surface area contributed by atoms with E-state index in [2.05, 4.69) is 23.2 Å². The Hall–Kier alpha value is -5.42. The summed E-state index contributed by atoms with van der Waals surface area (Å²) in [6.45, 7) is 12.3. The molecule has 0 radical (unpaired) electrons. The van der Waals surface area contributed by atoms with Gasteiger partial charge in [0.15, 0.2) is 23.1 Å². The first kappa shape index (κ1) is 88.0. The molecule has 0 unspecified atom stereocenters. The van der Waals surface area contributed by atoms with Crippen molar-refractivity contribution >= 4 is 131 Å². The second-order valence-corrected chi connectivity index (χ2v) is 23.2. The fraction of sp³-hybridized carbons (Fsp3) is 0.612. The van der Waals surface area contributed by atoms with Gasteiger partial charge in [-0.2, -0.15) is 0 Å². The molecule has 87 heavy (non-hydrogen) atoms. The number of benzene rings is 2. The standard InChI is InChI=1S/C22H30O4.2C11H19ClO2.C11H20O3.C10H11NO2.C2Cl2O2/c1-16(23)10-8-6-4-5-7-9-11-22(26)14-19-12-20(17(2)24)15-21(13-19)18(3)25;2*1-10(13)8-6-4-2-3-5-7-9-11(12)14;1-10(12)8-6-4-2-3-5-7-9-11(13)14;1-6(12)8-3-9(7(2)13)5-10(11)4-8;3-1(5)2(4)6/h12-13,15H,4-11,14H2,1-3H3;2*2-9H2,1H3;2-9H2,1H3,(H,13,14);3-5H,11H2,1-2H3;. The van der Waals surface area contributed by atoms with Gasteiger partial charge in [0.1, 0.15) is 28.9 Å². The van der Waals surface area contributed by atoms with Gasteiger partial charge in [-0.15, -0.1) is 0 Å². The van der Waals surface area contributed by atoms with Crippen LogP contribution in [-0.4, -0.2) is 84.1 Å². The number of nitrogens with two attached hydrogens (primary N) is 1. The molecule has 2 aromatic carbocycles. The highest BCUT2D eigenvalue weighted by molar-refractivity contribution is 6.97. The summed E-state index contributed by atoms with van der Waals surface area (Å²) in [5.74, 6) is 0.102. The van der Waals surface area contributed by atoms with Crippen LogP contribution in [-0.2, 0) is 54.4 Å². The molecule has 0 saturated heterocycles. The molecule has 0 amide bonds. The normalized spacial score (nSPS) is 10.0. The highest BCUT2D eigenvalue weighted by Gasteiger charge is 2.12. The Labute approximate surface area is 537 Å². The topological polar surface area (TPSA) is 285 Å². The smallest absolute Gasteiger partial charge is 0.304 e. The number of aliphatic carboxylic acids is 1. The Bertz CT molecular complexity index is 2220. The zero-order valence-electron chi connectivity index (χ0n) is 53.1. The first-order valence-electron chi connectivity index (χ1n) is 30.4. The lowest BCUT2D eigenvalue weighted by Gasteiger charge is -2.07. The summed E-state index contributed by atoms with van der Waals surface area (Å²) >= 11 is 19.4. The molecule has 0 aliphatic heterocycles. The van der Waals surface area contributed by atoms with Crippen LogP contribution in [0.5, 0.6) is 0 Å². The highest BCUT2D eigenvalue weighted by Crippen LogP contribution is 2.17. The van der Waals surface area contributed by atoms with E-state index in [0.717, 1.165) is 160 Å². The van der Waals surface area contributed by atoms with Gasteiger partial charge in [0.2, 0.25) is 10.5 Å². The van der Waals surface area contributed by atoms with E-state index in [0.29, 0.717) is 72.9 Å². The monoisotopic (exact) mass is 1300 g/mol. The molecule has 490 valence electrons. The molecule has 0 heterocycles. The van der Waals surface area contributed by atoms with E-state index in [1.165, 1.54) is 27.7 Å². The van der Waals surface area contributed by atoms with Crippen LogP contribution in [0, 0.1) is 0 Å². The van der Waals surface area contributed by atoms with Crippen LogP contribution in [0.15, 0.2) is 36.4 Å². The van der Waals surface area contributed by atoms with E-state index in [4.69, 9.17) is 34.0 Å². The minimum absolute atomic E-state index is 0.0881. The molecule has 0 spiro atoms. The number of carboxylic acid groups (broad SMARTS) is 1. The number of carboxylic acids is 1. The highest BCUT2D eigenvalue weighted by atomic mass is 35.5. The number of hydrogen-bond acceptors (Lipinski definition) is 15. The molecular formula is C67H99Cl4NO15.